The Bertz CT molecular complexity index is 490. The molecule has 1 heterocycles. The largest absolute Gasteiger partial charge is 0.369 e. The third-order valence-electron chi connectivity index (χ3n) is 4.99. The van der Waals surface area contributed by atoms with Gasteiger partial charge in [-0.25, -0.2) is 8.78 Å². The second-order valence-corrected chi connectivity index (χ2v) is 6.12. The van der Waals surface area contributed by atoms with Gasteiger partial charge in [0.05, 0.1) is 5.69 Å². The Morgan fingerprint density at radius 2 is 1.80 bits per heavy atom. The number of hydrogen-bond acceptors (Lipinski definition) is 2. The first-order valence-electron chi connectivity index (χ1n) is 7.62. The van der Waals surface area contributed by atoms with Crippen LogP contribution in [0.5, 0.6) is 0 Å². The average molecular weight is 280 g/mol. The average Bonchev–Trinajstić information content (AvgIpc) is 2.49. The molecule has 0 radical (unpaired) electrons. The third kappa shape index (κ3) is 2.41. The first-order chi connectivity index (χ1) is 9.70. The van der Waals surface area contributed by atoms with Gasteiger partial charge in [-0.3, -0.25) is 0 Å². The van der Waals surface area contributed by atoms with E-state index in [0.29, 0.717) is 11.6 Å². The molecule has 2 atom stereocenters. The fourth-order valence-electron chi connectivity index (χ4n) is 3.80. The van der Waals surface area contributed by atoms with Crippen molar-refractivity contribution in [3.8, 4) is 0 Å². The molecule has 4 heteroatoms. The van der Waals surface area contributed by atoms with Crippen LogP contribution in [0.3, 0.4) is 0 Å². The van der Waals surface area contributed by atoms with Gasteiger partial charge in [-0.2, -0.15) is 0 Å². The molecule has 2 fully saturated rings. The van der Waals surface area contributed by atoms with E-state index < -0.39 is 11.6 Å². The molecular formula is C16H22F2N2. The van der Waals surface area contributed by atoms with E-state index in [0.717, 1.165) is 25.4 Å². The van der Waals surface area contributed by atoms with Crippen LogP contribution in [0, 0.1) is 23.5 Å². The quantitative estimate of drug-likeness (QED) is 0.899. The van der Waals surface area contributed by atoms with Crippen LogP contribution in [-0.4, -0.2) is 13.1 Å². The van der Waals surface area contributed by atoms with Crippen LogP contribution in [0.15, 0.2) is 12.1 Å². The van der Waals surface area contributed by atoms with Gasteiger partial charge in [-0.05, 0) is 30.7 Å². The fraction of sp³-hybridized carbons (Fsp3) is 0.625. The normalized spacial score (nSPS) is 26.4. The first-order valence-corrected chi connectivity index (χ1v) is 7.62. The molecule has 2 N–H and O–H groups in total. The molecule has 1 saturated carbocycles. The van der Waals surface area contributed by atoms with Gasteiger partial charge in [0.15, 0.2) is 11.6 Å². The van der Waals surface area contributed by atoms with E-state index >= 15 is 0 Å². The number of benzene rings is 1. The predicted molar refractivity (Wildman–Crippen MR) is 76.5 cm³/mol. The van der Waals surface area contributed by atoms with Crippen molar-refractivity contribution in [3.63, 3.8) is 0 Å². The number of nitrogens with two attached hydrogens (primary N) is 1. The number of anilines is 1. The molecule has 3 rings (SSSR count). The van der Waals surface area contributed by atoms with Crippen LogP contribution in [0.1, 0.15) is 37.7 Å². The van der Waals surface area contributed by atoms with Gasteiger partial charge >= 0.3 is 0 Å². The summed E-state index contributed by atoms with van der Waals surface area (Å²) in [4.78, 5) is 2.02. The molecule has 2 nitrogen and oxygen atoms in total. The summed E-state index contributed by atoms with van der Waals surface area (Å²) < 4.78 is 28.1. The predicted octanol–water partition coefficient (Wildman–Crippen LogP) is 3.44. The van der Waals surface area contributed by atoms with Crippen molar-refractivity contribution in [2.45, 2.75) is 38.6 Å². The topological polar surface area (TPSA) is 29.3 Å². The summed E-state index contributed by atoms with van der Waals surface area (Å²) in [6.45, 7) is 1.73. The highest BCUT2D eigenvalue weighted by atomic mass is 19.2. The summed E-state index contributed by atoms with van der Waals surface area (Å²) in [5.41, 5.74) is 6.07. The Morgan fingerprint density at radius 1 is 1.05 bits per heavy atom. The summed E-state index contributed by atoms with van der Waals surface area (Å²) in [6.07, 6.45) is 6.24. The molecule has 1 aromatic rings. The van der Waals surface area contributed by atoms with Crippen molar-refractivity contribution in [1.82, 2.24) is 0 Å². The highest BCUT2D eigenvalue weighted by Crippen LogP contribution is 2.38. The smallest absolute Gasteiger partial charge is 0.182 e. The van der Waals surface area contributed by atoms with E-state index in [4.69, 9.17) is 5.73 Å². The van der Waals surface area contributed by atoms with Crippen LogP contribution in [0.4, 0.5) is 14.5 Å². The second-order valence-electron chi connectivity index (χ2n) is 6.12. The number of halogens is 2. The fourth-order valence-corrected chi connectivity index (χ4v) is 3.80. The summed E-state index contributed by atoms with van der Waals surface area (Å²) >= 11 is 0. The molecule has 1 aliphatic carbocycles. The van der Waals surface area contributed by atoms with E-state index in [2.05, 4.69) is 0 Å². The molecule has 2 aliphatic rings. The number of fused-ring (bicyclic) bond motifs is 1. The lowest BCUT2D eigenvalue weighted by atomic mass is 9.75. The van der Waals surface area contributed by atoms with E-state index in [-0.39, 0.29) is 12.1 Å². The molecule has 110 valence electrons. The van der Waals surface area contributed by atoms with Crippen LogP contribution in [-0.2, 0) is 6.54 Å². The standard InChI is InChI=1S/C16H22F2N2/c17-15-12(9-19)5-6-14(16(15)18)20-8-7-11-3-1-2-4-13(11)10-20/h5-6,11,13H,1-4,7-10,19H2. The van der Waals surface area contributed by atoms with Gasteiger partial charge in [0.25, 0.3) is 0 Å². The highest BCUT2D eigenvalue weighted by Gasteiger charge is 2.32. The maximum atomic E-state index is 14.2. The monoisotopic (exact) mass is 280 g/mol. The molecule has 0 amide bonds. The molecule has 0 aromatic heterocycles. The van der Waals surface area contributed by atoms with Crippen molar-refractivity contribution in [2.24, 2.45) is 17.6 Å². The minimum Gasteiger partial charge on any atom is -0.369 e. The zero-order valence-electron chi connectivity index (χ0n) is 11.7. The Balaban J connectivity index is 1.81. The van der Waals surface area contributed by atoms with Crippen LogP contribution >= 0.6 is 0 Å². The molecular weight excluding hydrogens is 258 g/mol. The maximum Gasteiger partial charge on any atom is 0.182 e. The number of rotatable bonds is 2. The Kier molecular flexibility index (Phi) is 3.92. The lowest BCUT2D eigenvalue weighted by Gasteiger charge is -2.42. The van der Waals surface area contributed by atoms with Gasteiger partial charge in [-0.15, -0.1) is 0 Å². The van der Waals surface area contributed by atoms with E-state index in [9.17, 15) is 8.78 Å². The second kappa shape index (κ2) is 5.68. The van der Waals surface area contributed by atoms with Crippen LogP contribution < -0.4 is 10.6 Å². The first kappa shape index (κ1) is 13.8. The van der Waals surface area contributed by atoms with Crippen molar-refractivity contribution >= 4 is 5.69 Å². The van der Waals surface area contributed by atoms with Crippen molar-refractivity contribution in [2.75, 3.05) is 18.0 Å². The molecule has 1 aliphatic heterocycles. The van der Waals surface area contributed by atoms with Gasteiger partial charge in [0.2, 0.25) is 0 Å². The lowest BCUT2D eigenvalue weighted by Crippen LogP contribution is -2.42. The Morgan fingerprint density at radius 3 is 2.55 bits per heavy atom. The van der Waals surface area contributed by atoms with Gasteiger partial charge in [-0.1, -0.05) is 25.3 Å². The summed E-state index contributed by atoms with van der Waals surface area (Å²) in [6, 6.07) is 3.30. The minimum absolute atomic E-state index is 0.0354. The van der Waals surface area contributed by atoms with E-state index in [1.807, 2.05) is 4.90 Å². The summed E-state index contributed by atoms with van der Waals surface area (Å²) in [5, 5.41) is 0. The molecule has 0 bridgehead atoms. The Hall–Kier alpha value is -1.16. The van der Waals surface area contributed by atoms with Gasteiger partial charge < -0.3 is 10.6 Å². The third-order valence-corrected chi connectivity index (χ3v) is 4.99. The van der Waals surface area contributed by atoms with E-state index in [1.54, 1.807) is 12.1 Å². The Labute approximate surface area is 118 Å². The van der Waals surface area contributed by atoms with Crippen molar-refractivity contribution in [3.05, 3.63) is 29.3 Å². The van der Waals surface area contributed by atoms with Crippen molar-refractivity contribution in [1.29, 1.82) is 0 Å². The molecule has 1 aromatic carbocycles. The lowest BCUT2D eigenvalue weighted by molar-refractivity contribution is 0.202. The molecule has 1 saturated heterocycles. The van der Waals surface area contributed by atoms with E-state index in [1.165, 1.54) is 25.7 Å². The van der Waals surface area contributed by atoms with Crippen molar-refractivity contribution < 1.29 is 8.78 Å². The zero-order chi connectivity index (χ0) is 14.1. The number of piperidine rings is 1. The van der Waals surface area contributed by atoms with Crippen LogP contribution in [0.2, 0.25) is 0 Å². The zero-order valence-corrected chi connectivity index (χ0v) is 11.7. The minimum atomic E-state index is -0.782. The molecule has 2 unspecified atom stereocenters. The van der Waals surface area contributed by atoms with Gasteiger partial charge in [0.1, 0.15) is 0 Å². The molecule has 0 spiro atoms. The summed E-state index contributed by atoms with van der Waals surface area (Å²) in [5.74, 6) is -0.0802. The highest BCUT2D eigenvalue weighted by molar-refractivity contribution is 5.50. The number of nitrogens with zero attached hydrogens (tertiary/aromatic N) is 1. The van der Waals surface area contributed by atoms with Gasteiger partial charge in [0, 0.05) is 25.2 Å². The number of hydrogen-bond donors (Lipinski definition) is 1. The summed E-state index contributed by atoms with van der Waals surface area (Å²) in [7, 11) is 0. The SMILES string of the molecule is NCc1ccc(N2CCC3CCCCC3C2)c(F)c1F. The molecule has 20 heavy (non-hydrogen) atoms. The maximum absolute atomic E-state index is 14.2. The van der Waals surface area contributed by atoms with Crippen LogP contribution in [0.25, 0.3) is 0 Å².